The molecule has 0 bridgehead atoms. The van der Waals surface area contributed by atoms with Gasteiger partial charge in [-0.15, -0.1) is 0 Å². The fourth-order valence-corrected chi connectivity index (χ4v) is 1.89. The first kappa shape index (κ1) is 9.74. The maximum atomic E-state index is 9.93. The van der Waals surface area contributed by atoms with Crippen molar-refractivity contribution in [1.29, 1.82) is 0 Å². The predicted octanol–water partition coefficient (Wildman–Crippen LogP) is 2.79. The van der Waals surface area contributed by atoms with E-state index in [-0.39, 0.29) is 0 Å². The van der Waals surface area contributed by atoms with Crippen molar-refractivity contribution < 1.29 is 9.84 Å². The second-order valence-electron chi connectivity index (χ2n) is 3.20. The molecule has 3 heteroatoms. The lowest BCUT2D eigenvalue weighted by atomic mass is 10.1. The van der Waals surface area contributed by atoms with Crippen molar-refractivity contribution in [3.8, 4) is 0 Å². The summed E-state index contributed by atoms with van der Waals surface area (Å²) in [6.45, 7) is 0.681. The van der Waals surface area contributed by atoms with E-state index >= 15 is 0 Å². The van der Waals surface area contributed by atoms with Crippen LogP contribution in [0.1, 0.15) is 18.1 Å². The SMILES string of the molecule is OC(C1=CCCO1)c1cccc(Br)c1. The van der Waals surface area contributed by atoms with E-state index in [0.29, 0.717) is 12.4 Å². The summed E-state index contributed by atoms with van der Waals surface area (Å²) in [5.41, 5.74) is 0.854. The predicted molar refractivity (Wildman–Crippen MR) is 57.8 cm³/mol. The summed E-state index contributed by atoms with van der Waals surface area (Å²) in [5.74, 6) is 0.670. The first-order valence-corrected chi connectivity index (χ1v) is 5.33. The Labute approximate surface area is 91.3 Å². The zero-order valence-electron chi connectivity index (χ0n) is 7.61. The van der Waals surface area contributed by atoms with Crippen LogP contribution in [0.5, 0.6) is 0 Å². The van der Waals surface area contributed by atoms with Gasteiger partial charge in [0, 0.05) is 10.9 Å². The highest BCUT2D eigenvalue weighted by atomic mass is 79.9. The van der Waals surface area contributed by atoms with Crippen molar-refractivity contribution in [2.45, 2.75) is 12.5 Å². The van der Waals surface area contributed by atoms with Gasteiger partial charge in [0.05, 0.1) is 6.61 Å². The topological polar surface area (TPSA) is 29.5 Å². The van der Waals surface area contributed by atoms with Gasteiger partial charge in [0.25, 0.3) is 0 Å². The average molecular weight is 255 g/mol. The standard InChI is InChI=1S/C11H11BrO2/c12-9-4-1-3-8(7-9)11(13)10-5-2-6-14-10/h1,3-5,7,11,13H,2,6H2. The van der Waals surface area contributed by atoms with Crippen molar-refractivity contribution in [3.05, 3.63) is 46.1 Å². The van der Waals surface area contributed by atoms with E-state index in [4.69, 9.17) is 4.74 Å². The first-order valence-electron chi connectivity index (χ1n) is 4.54. The van der Waals surface area contributed by atoms with Crippen LogP contribution in [-0.2, 0) is 4.74 Å². The number of hydrogen-bond acceptors (Lipinski definition) is 2. The highest BCUT2D eigenvalue weighted by molar-refractivity contribution is 9.10. The molecule has 1 aromatic carbocycles. The largest absolute Gasteiger partial charge is 0.495 e. The molecule has 0 fully saturated rings. The fraction of sp³-hybridized carbons (Fsp3) is 0.273. The van der Waals surface area contributed by atoms with Crippen molar-refractivity contribution >= 4 is 15.9 Å². The number of rotatable bonds is 2. The van der Waals surface area contributed by atoms with Crippen molar-refractivity contribution in [2.24, 2.45) is 0 Å². The highest BCUT2D eigenvalue weighted by Gasteiger charge is 2.17. The van der Waals surface area contributed by atoms with Gasteiger partial charge in [0.2, 0.25) is 0 Å². The first-order chi connectivity index (χ1) is 6.77. The third-order valence-corrected chi connectivity index (χ3v) is 2.66. The Morgan fingerprint density at radius 1 is 1.43 bits per heavy atom. The Morgan fingerprint density at radius 2 is 2.29 bits per heavy atom. The van der Waals surface area contributed by atoms with E-state index < -0.39 is 6.10 Å². The summed E-state index contributed by atoms with van der Waals surface area (Å²) in [4.78, 5) is 0. The minimum atomic E-state index is -0.630. The molecular formula is C11H11BrO2. The van der Waals surface area contributed by atoms with Crippen LogP contribution in [0.15, 0.2) is 40.6 Å². The lowest BCUT2D eigenvalue weighted by molar-refractivity contribution is 0.119. The number of aliphatic hydroxyl groups excluding tert-OH is 1. The normalized spacial score (nSPS) is 17.4. The molecule has 14 heavy (non-hydrogen) atoms. The molecule has 0 aromatic heterocycles. The van der Waals surface area contributed by atoms with Gasteiger partial charge in [-0.2, -0.15) is 0 Å². The quantitative estimate of drug-likeness (QED) is 0.880. The van der Waals surface area contributed by atoms with Crippen LogP contribution in [0, 0.1) is 0 Å². The minimum absolute atomic E-state index is 0.630. The van der Waals surface area contributed by atoms with Crippen LogP contribution >= 0.6 is 15.9 Å². The Balaban J connectivity index is 2.22. The Hall–Kier alpha value is -0.800. The summed E-state index contributed by atoms with van der Waals surface area (Å²) in [5, 5.41) is 9.93. The van der Waals surface area contributed by atoms with E-state index in [1.165, 1.54) is 0 Å². The Morgan fingerprint density at radius 3 is 2.93 bits per heavy atom. The van der Waals surface area contributed by atoms with E-state index in [0.717, 1.165) is 16.5 Å². The van der Waals surface area contributed by atoms with Gasteiger partial charge in [0.1, 0.15) is 11.9 Å². The zero-order chi connectivity index (χ0) is 9.97. The van der Waals surface area contributed by atoms with Crippen LogP contribution in [0.4, 0.5) is 0 Å². The van der Waals surface area contributed by atoms with Crippen molar-refractivity contribution in [2.75, 3.05) is 6.61 Å². The number of benzene rings is 1. The summed E-state index contributed by atoms with van der Waals surface area (Å²) in [6, 6.07) is 7.61. The van der Waals surface area contributed by atoms with Crippen molar-refractivity contribution in [1.82, 2.24) is 0 Å². The summed E-state index contributed by atoms with van der Waals surface area (Å²) < 4.78 is 6.27. The van der Waals surface area contributed by atoms with Gasteiger partial charge in [-0.05, 0) is 23.8 Å². The third-order valence-electron chi connectivity index (χ3n) is 2.17. The smallest absolute Gasteiger partial charge is 0.136 e. The zero-order valence-corrected chi connectivity index (χ0v) is 9.20. The summed E-state index contributed by atoms with van der Waals surface area (Å²) >= 11 is 3.37. The number of aliphatic hydroxyl groups is 1. The number of ether oxygens (including phenoxy) is 1. The van der Waals surface area contributed by atoms with Gasteiger partial charge in [0.15, 0.2) is 0 Å². The number of hydrogen-bond donors (Lipinski definition) is 1. The summed E-state index contributed by atoms with van der Waals surface area (Å²) in [7, 11) is 0. The molecule has 1 aromatic rings. The molecule has 0 aliphatic carbocycles. The Bertz CT molecular complexity index is 360. The van der Waals surface area contributed by atoms with Crippen LogP contribution in [0.25, 0.3) is 0 Å². The maximum Gasteiger partial charge on any atom is 0.136 e. The molecule has 1 aliphatic rings. The fourth-order valence-electron chi connectivity index (χ4n) is 1.47. The van der Waals surface area contributed by atoms with E-state index in [1.54, 1.807) is 0 Å². The van der Waals surface area contributed by atoms with Crippen molar-refractivity contribution in [3.63, 3.8) is 0 Å². The van der Waals surface area contributed by atoms with Crippen LogP contribution in [0.3, 0.4) is 0 Å². The van der Waals surface area contributed by atoms with Gasteiger partial charge in [-0.25, -0.2) is 0 Å². The molecule has 0 amide bonds. The lowest BCUT2D eigenvalue weighted by Gasteiger charge is -2.12. The van der Waals surface area contributed by atoms with E-state index in [1.807, 2.05) is 30.3 Å². The molecule has 0 saturated carbocycles. The molecular weight excluding hydrogens is 244 g/mol. The van der Waals surface area contributed by atoms with Gasteiger partial charge in [-0.1, -0.05) is 28.1 Å². The third kappa shape index (κ3) is 1.99. The number of halogens is 1. The molecule has 2 rings (SSSR count). The van der Waals surface area contributed by atoms with E-state index in [9.17, 15) is 5.11 Å². The molecule has 1 aliphatic heterocycles. The minimum Gasteiger partial charge on any atom is -0.495 e. The molecule has 0 spiro atoms. The molecule has 74 valence electrons. The van der Waals surface area contributed by atoms with Gasteiger partial charge >= 0.3 is 0 Å². The molecule has 0 radical (unpaired) electrons. The molecule has 2 nitrogen and oxygen atoms in total. The van der Waals surface area contributed by atoms with E-state index in [2.05, 4.69) is 15.9 Å². The van der Waals surface area contributed by atoms with Gasteiger partial charge in [-0.3, -0.25) is 0 Å². The van der Waals surface area contributed by atoms with Crippen LogP contribution < -0.4 is 0 Å². The molecule has 1 heterocycles. The summed E-state index contributed by atoms with van der Waals surface area (Å²) in [6.07, 6.45) is 2.20. The van der Waals surface area contributed by atoms with Crippen LogP contribution in [-0.4, -0.2) is 11.7 Å². The lowest BCUT2D eigenvalue weighted by Crippen LogP contribution is -2.01. The maximum absolute atomic E-state index is 9.93. The van der Waals surface area contributed by atoms with Crippen LogP contribution in [0.2, 0.25) is 0 Å². The second kappa shape index (κ2) is 4.15. The average Bonchev–Trinajstić information content (AvgIpc) is 2.69. The Kier molecular flexibility index (Phi) is 2.89. The highest BCUT2D eigenvalue weighted by Crippen LogP contribution is 2.27. The molecule has 1 atom stereocenters. The molecule has 1 unspecified atom stereocenters. The van der Waals surface area contributed by atoms with Gasteiger partial charge < -0.3 is 9.84 Å². The second-order valence-corrected chi connectivity index (χ2v) is 4.12. The monoisotopic (exact) mass is 254 g/mol. The molecule has 0 saturated heterocycles. The molecule has 1 N–H and O–H groups in total.